The molecule has 6 aromatic rings. The van der Waals surface area contributed by atoms with Gasteiger partial charge in [-0.25, -0.2) is 9.69 Å². The summed E-state index contributed by atoms with van der Waals surface area (Å²) in [5.41, 5.74) is 4.70. The number of nitrogens with zero attached hydrogens (tertiary/aromatic N) is 6. The van der Waals surface area contributed by atoms with Crippen molar-refractivity contribution in [2.45, 2.75) is 84.6 Å². The molecule has 3 N–H and O–H groups in total. The van der Waals surface area contributed by atoms with Gasteiger partial charge in [0, 0.05) is 84.7 Å². The van der Waals surface area contributed by atoms with Crippen molar-refractivity contribution >= 4 is 125 Å². The van der Waals surface area contributed by atoms with E-state index in [4.69, 9.17) is 90.1 Å². The predicted molar refractivity (Wildman–Crippen MR) is 319 cm³/mol. The number of benzene rings is 4. The molecule has 15 nitrogen and oxygen atoms in total. The van der Waals surface area contributed by atoms with Crippen LogP contribution in [0.3, 0.4) is 0 Å². The van der Waals surface area contributed by atoms with Gasteiger partial charge >= 0.3 is 0 Å². The van der Waals surface area contributed by atoms with Gasteiger partial charge in [0.2, 0.25) is 22.5 Å². The normalized spacial score (nSPS) is 13.4. The van der Waals surface area contributed by atoms with Crippen molar-refractivity contribution in [1.82, 2.24) is 25.1 Å². The van der Waals surface area contributed by atoms with Crippen LogP contribution in [0.15, 0.2) is 98.4 Å². The molecular formula is C58H64Cl5N9O6. The number of pyridine rings is 2. The number of rotatable bonds is 15. The van der Waals surface area contributed by atoms with E-state index in [1.807, 2.05) is 24.3 Å². The van der Waals surface area contributed by atoms with Crippen LogP contribution in [-0.2, 0) is 9.59 Å². The van der Waals surface area contributed by atoms with Crippen LogP contribution in [0.1, 0.15) is 60.3 Å². The monoisotopic (exact) mass is 1160 g/mol. The second kappa shape index (κ2) is 30.6. The van der Waals surface area contributed by atoms with Crippen LogP contribution in [0.2, 0.25) is 20.1 Å². The molecular weight excluding hydrogens is 1100 g/mol. The van der Waals surface area contributed by atoms with Crippen molar-refractivity contribution in [3.63, 3.8) is 0 Å². The Bertz CT molecular complexity index is 3140. The fourth-order valence-corrected chi connectivity index (χ4v) is 9.27. The van der Waals surface area contributed by atoms with Crippen molar-refractivity contribution in [1.29, 1.82) is 0 Å². The van der Waals surface area contributed by atoms with Gasteiger partial charge in [-0.15, -0.1) is 0 Å². The summed E-state index contributed by atoms with van der Waals surface area (Å²) in [6.45, 7) is 37.2. The van der Waals surface area contributed by atoms with Crippen LogP contribution < -0.4 is 34.9 Å². The number of hydrogen-bond donors (Lipinski definition) is 3. The van der Waals surface area contributed by atoms with E-state index in [-0.39, 0.29) is 18.1 Å². The molecule has 4 aromatic carbocycles. The van der Waals surface area contributed by atoms with Crippen LogP contribution in [0.25, 0.3) is 31.5 Å². The lowest BCUT2D eigenvalue weighted by Gasteiger charge is -2.31. The second-order valence-corrected chi connectivity index (χ2v) is 20.3. The largest absolute Gasteiger partial charge is 0.493 e. The van der Waals surface area contributed by atoms with Crippen molar-refractivity contribution in [2.75, 3.05) is 57.6 Å². The smallest absolute Gasteiger partial charge is 0.245 e. The van der Waals surface area contributed by atoms with Gasteiger partial charge in [-0.05, 0) is 132 Å². The average Bonchev–Trinajstić information content (AvgIpc) is 3.54. The number of methoxy groups -OCH3 is 2. The Kier molecular flexibility index (Phi) is 24.4. The predicted octanol–water partition coefficient (Wildman–Crippen LogP) is 15.4. The van der Waals surface area contributed by atoms with E-state index in [0.717, 1.165) is 49.6 Å². The van der Waals surface area contributed by atoms with Crippen molar-refractivity contribution in [3.05, 3.63) is 141 Å². The van der Waals surface area contributed by atoms with Gasteiger partial charge in [-0.3, -0.25) is 24.5 Å². The lowest BCUT2D eigenvalue weighted by molar-refractivity contribution is -0.127. The maximum Gasteiger partial charge on any atom is 0.245 e. The number of likely N-dealkylation sites (tertiary alicyclic amines) is 1. The molecule has 0 atom stereocenters. The number of carbonyl (C=O) groups excluding carboxylic acids is 2. The third kappa shape index (κ3) is 17.2. The Hall–Kier alpha value is -6.53. The molecule has 2 fully saturated rings. The molecule has 0 spiro atoms. The summed E-state index contributed by atoms with van der Waals surface area (Å²) in [5, 5.41) is 12.6. The number of ether oxygens (including phenoxy) is 4. The first-order valence-corrected chi connectivity index (χ1v) is 27.0. The first kappa shape index (κ1) is 62.3. The molecule has 8 rings (SSSR count). The first-order chi connectivity index (χ1) is 37.4. The van der Waals surface area contributed by atoms with Crippen molar-refractivity contribution in [3.8, 4) is 23.0 Å². The zero-order valence-corrected chi connectivity index (χ0v) is 48.5. The minimum Gasteiger partial charge on any atom is -0.493 e. The molecule has 2 aliphatic rings. The van der Waals surface area contributed by atoms with Crippen LogP contribution >= 0.6 is 58.0 Å². The molecule has 20 heteroatoms. The minimum absolute atomic E-state index is 0.0718. The third-order valence-corrected chi connectivity index (χ3v) is 14.2. The first-order valence-electron chi connectivity index (χ1n) is 25.1. The molecule has 0 bridgehead atoms. The summed E-state index contributed by atoms with van der Waals surface area (Å²) >= 11 is 29.1. The third-order valence-electron chi connectivity index (χ3n) is 12.5. The lowest BCUT2D eigenvalue weighted by Crippen LogP contribution is -2.41. The summed E-state index contributed by atoms with van der Waals surface area (Å²) < 4.78 is 23.7. The highest BCUT2D eigenvalue weighted by Crippen LogP contribution is 2.43. The molecule has 2 aliphatic heterocycles. The van der Waals surface area contributed by atoms with E-state index >= 15 is 0 Å². The topological polar surface area (TPSA) is 148 Å². The van der Waals surface area contributed by atoms with Crippen molar-refractivity contribution < 1.29 is 28.5 Å². The van der Waals surface area contributed by atoms with Crippen LogP contribution in [0.5, 0.6) is 23.0 Å². The number of piperidine rings is 2. The van der Waals surface area contributed by atoms with Gasteiger partial charge in [0.05, 0.1) is 69.9 Å². The Morgan fingerprint density at radius 3 is 1.46 bits per heavy atom. The summed E-state index contributed by atoms with van der Waals surface area (Å²) in [6, 6.07) is 19.1. The molecule has 2 aromatic heterocycles. The van der Waals surface area contributed by atoms with Gasteiger partial charge in [0.15, 0.2) is 23.0 Å². The number of nitrogens with one attached hydrogen (secondary N) is 3. The minimum atomic E-state index is -0.509. The van der Waals surface area contributed by atoms with Gasteiger partial charge in [0.25, 0.3) is 0 Å². The zero-order valence-electron chi connectivity index (χ0n) is 44.7. The Labute approximate surface area is 482 Å². The van der Waals surface area contributed by atoms with E-state index in [0.29, 0.717) is 126 Å². The van der Waals surface area contributed by atoms with E-state index < -0.39 is 5.24 Å². The SMILES string of the molecule is C=CC(=O)Cl.CCN(C(C)C)C(C)C.[C-]#[N+]c1cnc2cc(OC)c(OC3CCN(C(=O)C=C)CC3)cc2c1Nc1ccc(Cl)c(Cl)c1.[C-]#[N+]c1cnc2cc(OC)c(OC3CCNCC3)cc2c1Nc1ccc(Cl)c(Cl)c1. The Morgan fingerprint density at radius 1 is 0.705 bits per heavy atom. The number of hydrogen-bond acceptors (Lipinski definition) is 12. The Balaban J connectivity index is 0.000000232. The zero-order chi connectivity index (χ0) is 57.1. The summed E-state index contributed by atoms with van der Waals surface area (Å²) in [7, 11) is 3.18. The van der Waals surface area contributed by atoms with E-state index in [1.54, 1.807) is 61.7 Å². The molecule has 0 saturated carbocycles. The summed E-state index contributed by atoms with van der Waals surface area (Å²) in [5.74, 6) is 2.27. The van der Waals surface area contributed by atoms with Gasteiger partial charge < -0.3 is 39.8 Å². The molecule has 412 valence electrons. The van der Waals surface area contributed by atoms with Gasteiger partial charge in [0.1, 0.15) is 12.2 Å². The number of aromatic nitrogens is 2. The molecule has 0 radical (unpaired) electrons. The van der Waals surface area contributed by atoms with E-state index in [2.05, 4.69) is 88.3 Å². The van der Waals surface area contributed by atoms with Crippen LogP contribution in [0, 0.1) is 13.1 Å². The molecule has 1 amide bonds. The lowest BCUT2D eigenvalue weighted by atomic mass is 10.1. The standard InChI is InChI=1S/C25H22Cl2N4O3.C22H20Cl2N4O2.C8H19N.C3H3ClO/c1-4-24(32)31-9-7-16(8-10-31)34-23-12-17-20(13-22(23)33-3)29-14-21(28-2)25(17)30-15-5-6-18(26)19(27)11-15;1-25-19-12-27-18-11-20(29-2)21(30-14-5-7-26-8-6-14)10-15(18)22(19)28-13-3-4-16(23)17(24)9-13;1-6-9(7(2)3)8(4)5;1-2-3(4)5/h4-6,11-14,16H,1,7-10H2,3H3,(H,29,30);3-4,9-12,14,26H,5-8H2,2H3,(H,27,28);7-8H,6H2,1-5H3;2H,1H2. The van der Waals surface area contributed by atoms with E-state index in [9.17, 15) is 9.59 Å². The molecule has 4 heterocycles. The fraction of sp³-hybridized carbons (Fsp3) is 0.345. The highest BCUT2D eigenvalue weighted by atomic mass is 35.5. The number of fused-ring (bicyclic) bond motifs is 2. The average molecular weight is 1160 g/mol. The maximum atomic E-state index is 11.9. The van der Waals surface area contributed by atoms with Crippen LogP contribution in [0.4, 0.5) is 34.1 Å². The highest BCUT2D eigenvalue weighted by molar-refractivity contribution is 6.66. The van der Waals surface area contributed by atoms with E-state index in [1.165, 1.54) is 12.3 Å². The van der Waals surface area contributed by atoms with Gasteiger partial charge in [-0.2, -0.15) is 0 Å². The fourth-order valence-electron chi connectivity index (χ4n) is 8.67. The molecule has 2 saturated heterocycles. The number of carbonyl (C=O) groups is 2. The molecule has 78 heavy (non-hydrogen) atoms. The number of halogens is 5. The van der Waals surface area contributed by atoms with Gasteiger partial charge in [-0.1, -0.05) is 66.5 Å². The number of amides is 1. The number of allylic oxidation sites excluding steroid dienone is 1. The second-order valence-electron chi connectivity index (χ2n) is 18.2. The quantitative estimate of drug-likeness (QED) is 0.0511. The van der Waals surface area contributed by atoms with Crippen LogP contribution in [-0.4, -0.2) is 102 Å². The summed E-state index contributed by atoms with van der Waals surface area (Å²) in [4.78, 5) is 41.7. The maximum absolute atomic E-state index is 11.9. The van der Waals surface area contributed by atoms with Crippen molar-refractivity contribution in [2.24, 2.45) is 0 Å². The Morgan fingerprint density at radius 2 is 1.13 bits per heavy atom. The molecule has 0 aliphatic carbocycles. The highest BCUT2D eigenvalue weighted by Gasteiger charge is 2.25. The number of anilines is 4. The molecule has 0 unspecified atom stereocenters. The summed E-state index contributed by atoms with van der Waals surface area (Å²) in [6.07, 6.45) is 8.70.